The van der Waals surface area contributed by atoms with Gasteiger partial charge in [-0.15, -0.1) is 0 Å². The Labute approximate surface area is 195 Å². The van der Waals surface area contributed by atoms with Crippen molar-refractivity contribution < 1.29 is 4.79 Å². The van der Waals surface area contributed by atoms with Gasteiger partial charge in [0.15, 0.2) is 0 Å². The number of piperazine rings is 1. The van der Waals surface area contributed by atoms with Crippen LogP contribution in [0.25, 0.3) is 10.8 Å². The van der Waals surface area contributed by atoms with Gasteiger partial charge >= 0.3 is 6.03 Å². The lowest BCUT2D eigenvalue weighted by molar-refractivity contribution is 0.168. The van der Waals surface area contributed by atoms with Gasteiger partial charge in [-0.25, -0.2) is 9.78 Å². The topological polar surface area (TPSA) is 64.6 Å². The number of hydrogen-bond acceptors (Lipinski definition) is 5. The zero-order valence-corrected chi connectivity index (χ0v) is 19.1. The molecule has 5 rings (SSSR count). The van der Waals surface area contributed by atoms with Gasteiger partial charge in [0.05, 0.1) is 11.9 Å². The van der Waals surface area contributed by atoms with Crippen LogP contribution in [-0.4, -0.2) is 71.6 Å². The summed E-state index contributed by atoms with van der Waals surface area (Å²) in [6, 6.07) is 14.3. The first kappa shape index (κ1) is 21.6. The quantitative estimate of drug-likeness (QED) is 0.642. The van der Waals surface area contributed by atoms with E-state index in [0.29, 0.717) is 5.92 Å². The van der Waals surface area contributed by atoms with E-state index in [9.17, 15) is 4.79 Å². The standard InChI is InChI=1S/C26H32N6O/c33-26(29-23-5-3-11-27-20-23)32-14-9-21(10-15-32)8-13-30-16-18-31(19-17-30)25-24-6-2-1-4-22(24)7-12-28-25/h1-7,11-12,20-21H,8-10,13-19H2,(H,29,33). The van der Waals surface area contributed by atoms with Crippen molar-refractivity contribution >= 4 is 28.3 Å². The molecule has 2 aromatic heterocycles. The van der Waals surface area contributed by atoms with Gasteiger partial charge in [-0.2, -0.15) is 0 Å². The molecule has 0 aliphatic carbocycles. The van der Waals surface area contributed by atoms with Crippen molar-refractivity contribution in [3.05, 3.63) is 61.1 Å². The molecule has 1 aromatic carbocycles. The van der Waals surface area contributed by atoms with Crippen molar-refractivity contribution in [2.75, 3.05) is 56.0 Å². The van der Waals surface area contributed by atoms with E-state index < -0.39 is 0 Å². The molecule has 4 heterocycles. The van der Waals surface area contributed by atoms with Gasteiger partial charge in [-0.1, -0.05) is 24.3 Å². The van der Waals surface area contributed by atoms with Gasteiger partial charge in [-0.05, 0) is 55.3 Å². The number of piperidine rings is 1. The summed E-state index contributed by atoms with van der Waals surface area (Å²) < 4.78 is 0. The zero-order valence-electron chi connectivity index (χ0n) is 19.1. The lowest BCUT2D eigenvalue weighted by atomic mass is 9.93. The molecule has 3 aromatic rings. The lowest BCUT2D eigenvalue weighted by Gasteiger charge is -2.37. The van der Waals surface area contributed by atoms with Crippen LogP contribution in [-0.2, 0) is 0 Å². The Morgan fingerprint density at radius 2 is 1.76 bits per heavy atom. The average molecular weight is 445 g/mol. The normalized spacial score (nSPS) is 17.9. The van der Waals surface area contributed by atoms with Gasteiger partial charge in [0.1, 0.15) is 5.82 Å². The Morgan fingerprint density at radius 1 is 0.939 bits per heavy atom. The Hall–Kier alpha value is -3.19. The number of amides is 2. The SMILES string of the molecule is O=C(Nc1cccnc1)N1CCC(CCN2CCN(c3nccc4ccccc34)CC2)CC1. The predicted molar refractivity (Wildman–Crippen MR) is 133 cm³/mol. The number of urea groups is 1. The molecule has 2 aliphatic heterocycles. The molecule has 7 heteroatoms. The van der Waals surface area contributed by atoms with Crippen LogP contribution in [0.1, 0.15) is 19.3 Å². The van der Waals surface area contributed by atoms with E-state index in [0.717, 1.165) is 70.2 Å². The van der Waals surface area contributed by atoms with Gasteiger partial charge in [0, 0.05) is 57.0 Å². The van der Waals surface area contributed by atoms with E-state index in [2.05, 4.69) is 55.4 Å². The summed E-state index contributed by atoms with van der Waals surface area (Å²) in [4.78, 5) is 28.2. The number of nitrogens with one attached hydrogen (secondary N) is 1. The summed E-state index contributed by atoms with van der Waals surface area (Å²) in [5.74, 6) is 1.81. The summed E-state index contributed by atoms with van der Waals surface area (Å²) >= 11 is 0. The second-order valence-corrected chi connectivity index (χ2v) is 9.08. The van der Waals surface area contributed by atoms with Crippen molar-refractivity contribution in [2.24, 2.45) is 5.92 Å². The molecular formula is C26H32N6O. The highest BCUT2D eigenvalue weighted by Gasteiger charge is 2.25. The molecule has 2 aliphatic rings. The Balaban J connectivity index is 1.05. The molecule has 2 fully saturated rings. The van der Waals surface area contributed by atoms with E-state index in [1.807, 2.05) is 23.2 Å². The Kier molecular flexibility index (Phi) is 6.67. The molecule has 172 valence electrons. The fourth-order valence-electron chi connectivity index (χ4n) is 4.97. The fraction of sp³-hybridized carbons (Fsp3) is 0.423. The number of nitrogens with zero attached hydrogens (tertiary/aromatic N) is 5. The maximum atomic E-state index is 12.5. The van der Waals surface area contributed by atoms with Crippen LogP contribution >= 0.6 is 0 Å². The number of anilines is 2. The van der Waals surface area contributed by atoms with Gasteiger partial charge in [0.25, 0.3) is 0 Å². The number of hydrogen-bond donors (Lipinski definition) is 1. The number of carbonyl (C=O) groups is 1. The zero-order chi connectivity index (χ0) is 22.5. The molecule has 0 saturated carbocycles. The van der Waals surface area contributed by atoms with Crippen LogP contribution in [0.3, 0.4) is 0 Å². The smallest absolute Gasteiger partial charge is 0.321 e. The molecular weight excluding hydrogens is 412 g/mol. The van der Waals surface area contributed by atoms with Gasteiger partial charge in [0.2, 0.25) is 0 Å². The molecule has 2 saturated heterocycles. The van der Waals surface area contributed by atoms with E-state index in [1.165, 1.54) is 17.2 Å². The summed E-state index contributed by atoms with van der Waals surface area (Å²) in [7, 11) is 0. The largest absolute Gasteiger partial charge is 0.354 e. The number of fused-ring (bicyclic) bond motifs is 1. The van der Waals surface area contributed by atoms with Crippen molar-refractivity contribution in [3.63, 3.8) is 0 Å². The van der Waals surface area contributed by atoms with E-state index >= 15 is 0 Å². The van der Waals surface area contributed by atoms with E-state index in [-0.39, 0.29) is 6.03 Å². The predicted octanol–water partition coefficient (Wildman–Crippen LogP) is 4.09. The summed E-state index contributed by atoms with van der Waals surface area (Å²) in [6.45, 7) is 7.01. The average Bonchev–Trinajstić information content (AvgIpc) is 2.88. The van der Waals surface area contributed by atoms with Crippen LogP contribution in [0.15, 0.2) is 61.1 Å². The number of aromatic nitrogens is 2. The first-order chi connectivity index (χ1) is 16.3. The molecule has 33 heavy (non-hydrogen) atoms. The van der Waals surface area contributed by atoms with Crippen molar-refractivity contribution in [3.8, 4) is 0 Å². The minimum absolute atomic E-state index is 0.0142. The number of carbonyl (C=O) groups excluding carboxylic acids is 1. The molecule has 7 nitrogen and oxygen atoms in total. The van der Waals surface area contributed by atoms with Gasteiger partial charge in [-0.3, -0.25) is 9.88 Å². The van der Waals surface area contributed by atoms with Crippen LogP contribution < -0.4 is 10.2 Å². The molecule has 1 N–H and O–H groups in total. The number of pyridine rings is 2. The lowest BCUT2D eigenvalue weighted by Crippen LogP contribution is -2.47. The summed E-state index contributed by atoms with van der Waals surface area (Å²) in [5.41, 5.74) is 0.752. The van der Waals surface area contributed by atoms with Crippen molar-refractivity contribution in [1.82, 2.24) is 19.8 Å². The van der Waals surface area contributed by atoms with Crippen molar-refractivity contribution in [1.29, 1.82) is 0 Å². The number of benzene rings is 1. The van der Waals surface area contributed by atoms with Crippen LogP contribution in [0.5, 0.6) is 0 Å². The molecule has 0 unspecified atom stereocenters. The monoisotopic (exact) mass is 444 g/mol. The first-order valence-electron chi connectivity index (χ1n) is 12.0. The highest BCUT2D eigenvalue weighted by molar-refractivity contribution is 5.92. The number of rotatable bonds is 5. The molecule has 0 bridgehead atoms. The van der Waals surface area contributed by atoms with Crippen molar-refractivity contribution in [2.45, 2.75) is 19.3 Å². The second kappa shape index (κ2) is 10.2. The molecule has 0 spiro atoms. The van der Waals surface area contributed by atoms with E-state index in [1.54, 1.807) is 12.4 Å². The van der Waals surface area contributed by atoms with Crippen LogP contribution in [0.4, 0.5) is 16.3 Å². The minimum atomic E-state index is -0.0142. The molecule has 2 amide bonds. The van der Waals surface area contributed by atoms with Crippen LogP contribution in [0, 0.1) is 5.92 Å². The number of likely N-dealkylation sites (tertiary alicyclic amines) is 1. The molecule has 0 atom stereocenters. The summed E-state index contributed by atoms with van der Waals surface area (Å²) in [6.07, 6.45) is 8.70. The maximum Gasteiger partial charge on any atom is 0.321 e. The third-order valence-corrected chi connectivity index (χ3v) is 6.99. The third-order valence-electron chi connectivity index (χ3n) is 6.99. The minimum Gasteiger partial charge on any atom is -0.354 e. The van der Waals surface area contributed by atoms with Crippen LogP contribution in [0.2, 0.25) is 0 Å². The Bertz CT molecular complexity index is 1050. The third kappa shape index (κ3) is 5.25. The highest BCUT2D eigenvalue weighted by Crippen LogP contribution is 2.26. The maximum absolute atomic E-state index is 12.5. The van der Waals surface area contributed by atoms with Gasteiger partial charge < -0.3 is 15.1 Å². The Morgan fingerprint density at radius 3 is 2.55 bits per heavy atom. The second-order valence-electron chi connectivity index (χ2n) is 9.08. The highest BCUT2D eigenvalue weighted by atomic mass is 16.2. The molecule has 0 radical (unpaired) electrons. The van der Waals surface area contributed by atoms with E-state index in [4.69, 9.17) is 0 Å². The first-order valence-corrected chi connectivity index (χ1v) is 12.0. The summed E-state index contributed by atoms with van der Waals surface area (Å²) in [5, 5.41) is 5.44. The fourth-order valence-corrected chi connectivity index (χ4v) is 4.97.